The second kappa shape index (κ2) is 5.16. The molecule has 0 bridgehead atoms. The Morgan fingerprint density at radius 3 is 3.00 bits per heavy atom. The third-order valence-electron chi connectivity index (χ3n) is 3.11. The molecule has 0 amide bonds. The first-order chi connectivity index (χ1) is 8.92. The first kappa shape index (κ1) is 13.8. The summed E-state index contributed by atoms with van der Waals surface area (Å²) >= 11 is 1.63. The van der Waals surface area contributed by atoms with Crippen LogP contribution in [0.4, 0.5) is 10.1 Å². The second-order valence-electron chi connectivity index (χ2n) is 4.60. The topological polar surface area (TPSA) is 81.5 Å². The standard InChI is InChI=1S/C12H14FN3O2S/c1-12(4-5-19-7-11(14)15-12)9-6-8(16(17)18)2-3-10(9)13/h2-3,6H,4-5,7H2,1H3,(H2,14,15)/t12-/m0/s1. The fourth-order valence-corrected chi connectivity index (χ4v) is 3.05. The van der Waals surface area contributed by atoms with E-state index in [-0.39, 0.29) is 11.3 Å². The highest BCUT2D eigenvalue weighted by Gasteiger charge is 2.32. The summed E-state index contributed by atoms with van der Waals surface area (Å²) in [6.07, 6.45) is 0.594. The van der Waals surface area contributed by atoms with Gasteiger partial charge in [0.1, 0.15) is 11.7 Å². The van der Waals surface area contributed by atoms with Crippen molar-refractivity contribution in [1.29, 1.82) is 0 Å². The van der Waals surface area contributed by atoms with Crippen LogP contribution < -0.4 is 5.73 Å². The van der Waals surface area contributed by atoms with E-state index in [9.17, 15) is 14.5 Å². The molecule has 0 fully saturated rings. The number of nitro benzene ring substituents is 1. The van der Waals surface area contributed by atoms with Crippen molar-refractivity contribution in [2.75, 3.05) is 11.5 Å². The van der Waals surface area contributed by atoms with Crippen LogP contribution >= 0.6 is 11.8 Å². The van der Waals surface area contributed by atoms with Crippen LogP contribution in [0.5, 0.6) is 0 Å². The van der Waals surface area contributed by atoms with Gasteiger partial charge in [0.15, 0.2) is 0 Å². The number of benzene rings is 1. The van der Waals surface area contributed by atoms with E-state index in [2.05, 4.69) is 4.99 Å². The van der Waals surface area contributed by atoms with Crippen molar-refractivity contribution in [1.82, 2.24) is 0 Å². The van der Waals surface area contributed by atoms with Gasteiger partial charge in [-0.25, -0.2) is 4.39 Å². The highest BCUT2D eigenvalue weighted by Crippen LogP contribution is 2.36. The SMILES string of the molecule is C[C@@]1(c2cc([N+](=O)[O-])ccc2F)CCSCC(N)=N1. The summed E-state index contributed by atoms with van der Waals surface area (Å²) < 4.78 is 14.0. The first-order valence-corrected chi connectivity index (χ1v) is 6.94. The van der Waals surface area contributed by atoms with Gasteiger partial charge in [-0.05, 0) is 25.2 Å². The van der Waals surface area contributed by atoms with Crippen molar-refractivity contribution in [2.45, 2.75) is 18.9 Å². The number of halogens is 1. The summed E-state index contributed by atoms with van der Waals surface area (Å²) in [5.41, 5.74) is 5.02. The number of rotatable bonds is 2. The predicted octanol–water partition coefficient (Wildman–Crippen LogP) is 2.44. The Morgan fingerprint density at radius 1 is 1.58 bits per heavy atom. The minimum atomic E-state index is -0.844. The Kier molecular flexibility index (Phi) is 3.75. The molecule has 2 N–H and O–H groups in total. The molecule has 0 saturated heterocycles. The maximum Gasteiger partial charge on any atom is 0.270 e. The molecule has 1 aliphatic rings. The molecule has 2 rings (SSSR count). The summed E-state index contributed by atoms with van der Waals surface area (Å²) in [6.45, 7) is 1.76. The maximum absolute atomic E-state index is 14.0. The molecule has 0 radical (unpaired) electrons. The van der Waals surface area contributed by atoms with Crippen LogP contribution in [-0.4, -0.2) is 22.3 Å². The van der Waals surface area contributed by atoms with E-state index >= 15 is 0 Å². The molecule has 19 heavy (non-hydrogen) atoms. The maximum atomic E-state index is 14.0. The van der Waals surface area contributed by atoms with Gasteiger partial charge in [-0.15, -0.1) is 0 Å². The largest absolute Gasteiger partial charge is 0.387 e. The lowest BCUT2D eigenvalue weighted by molar-refractivity contribution is -0.385. The van der Waals surface area contributed by atoms with Crippen molar-refractivity contribution in [2.24, 2.45) is 10.7 Å². The van der Waals surface area contributed by atoms with Crippen molar-refractivity contribution in [3.63, 3.8) is 0 Å². The average molecular weight is 283 g/mol. The van der Waals surface area contributed by atoms with E-state index in [1.54, 1.807) is 18.7 Å². The van der Waals surface area contributed by atoms with Crippen LogP contribution in [0.1, 0.15) is 18.9 Å². The lowest BCUT2D eigenvalue weighted by atomic mass is 9.89. The quantitative estimate of drug-likeness (QED) is 0.667. The minimum absolute atomic E-state index is 0.136. The van der Waals surface area contributed by atoms with E-state index in [4.69, 9.17) is 5.73 Å². The molecule has 5 nitrogen and oxygen atoms in total. The summed E-state index contributed by atoms with van der Waals surface area (Å²) in [5.74, 6) is 1.34. The number of hydrogen-bond acceptors (Lipinski definition) is 5. The molecule has 0 aliphatic carbocycles. The third kappa shape index (κ3) is 2.86. The molecule has 7 heteroatoms. The lowest BCUT2D eigenvalue weighted by Crippen LogP contribution is -2.25. The molecular formula is C12H14FN3O2S. The van der Waals surface area contributed by atoms with Gasteiger partial charge in [0.05, 0.1) is 16.2 Å². The third-order valence-corrected chi connectivity index (χ3v) is 4.11. The van der Waals surface area contributed by atoms with Gasteiger partial charge in [-0.1, -0.05) is 0 Å². The Morgan fingerprint density at radius 2 is 2.32 bits per heavy atom. The Balaban J connectivity index is 2.52. The van der Waals surface area contributed by atoms with Gasteiger partial charge in [0, 0.05) is 17.7 Å². The fraction of sp³-hybridized carbons (Fsp3) is 0.417. The Labute approximate surface area is 114 Å². The number of nitrogens with zero attached hydrogens (tertiary/aromatic N) is 2. The van der Waals surface area contributed by atoms with Crippen molar-refractivity contribution in [3.8, 4) is 0 Å². The Hall–Kier alpha value is -1.63. The van der Waals surface area contributed by atoms with Gasteiger partial charge >= 0.3 is 0 Å². The number of amidine groups is 1. The van der Waals surface area contributed by atoms with Crippen LogP contribution in [-0.2, 0) is 5.54 Å². The molecule has 0 aromatic heterocycles. The molecule has 1 aromatic carbocycles. The van der Waals surface area contributed by atoms with Crippen LogP contribution in [0.2, 0.25) is 0 Å². The summed E-state index contributed by atoms with van der Waals surface area (Å²) in [7, 11) is 0. The van der Waals surface area contributed by atoms with E-state index in [0.717, 1.165) is 17.9 Å². The van der Waals surface area contributed by atoms with Crippen LogP contribution in [0.25, 0.3) is 0 Å². The fourth-order valence-electron chi connectivity index (χ4n) is 2.09. The monoisotopic (exact) mass is 283 g/mol. The van der Waals surface area contributed by atoms with Crippen LogP contribution in [0.3, 0.4) is 0 Å². The molecule has 1 aliphatic heterocycles. The summed E-state index contributed by atoms with van der Waals surface area (Å²) in [5, 5.41) is 10.8. The van der Waals surface area contributed by atoms with E-state index in [1.807, 2.05) is 0 Å². The zero-order valence-electron chi connectivity index (χ0n) is 10.4. The predicted molar refractivity (Wildman–Crippen MR) is 74.0 cm³/mol. The zero-order chi connectivity index (χ0) is 14.0. The molecule has 0 unspecified atom stereocenters. The lowest BCUT2D eigenvalue weighted by Gasteiger charge is -2.25. The molecule has 0 spiro atoms. The van der Waals surface area contributed by atoms with Gasteiger partial charge in [-0.2, -0.15) is 11.8 Å². The van der Waals surface area contributed by atoms with E-state index in [0.29, 0.717) is 18.0 Å². The number of thioether (sulfide) groups is 1. The molecular weight excluding hydrogens is 269 g/mol. The molecule has 102 valence electrons. The number of non-ortho nitro benzene ring substituents is 1. The smallest absolute Gasteiger partial charge is 0.270 e. The summed E-state index contributed by atoms with van der Waals surface area (Å²) in [4.78, 5) is 14.6. The molecule has 1 heterocycles. The first-order valence-electron chi connectivity index (χ1n) is 5.79. The van der Waals surface area contributed by atoms with Crippen LogP contribution in [0, 0.1) is 15.9 Å². The number of nitrogens with two attached hydrogens (primary N) is 1. The van der Waals surface area contributed by atoms with Gasteiger partial charge in [-0.3, -0.25) is 15.1 Å². The van der Waals surface area contributed by atoms with Crippen molar-refractivity contribution in [3.05, 3.63) is 39.7 Å². The minimum Gasteiger partial charge on any atom is -0.387 e. The highest BCUT2D eigenvalue weighted by atomic mass is 32.2. The van der Waals surface area contributed by atoms with Crippen molar-refractivity contribution < 1.29 is 9.31 Å². The van der Waals surface area contributed by atoms with Gasteiger partial charge in [0.25, 0.3) is 5.69 Å². The average Bonchev–Trinajstić information content (AvgIpc) is 2.51. The van der Waals surface area contributed by atoms with Gasteiger partial charge in [0.2, 0.25) is 0 Å². The second-order valence-corrected chi connectivity index (χ2v) is 5.71. The van der Waals surface area contributed by atoms with E-state index < -0.39 is 16.3 Å². The highest BCUT2D eigenvalue weighted by molar-refractivity contribution is 7.99. The van der Waals surface area contributed by atoms with Gasteiger partial charge < -0.3 is 5.73 Å². The van der Waals surface area contributed by atoms with Crippen molar-refractivity contribution >= 4 is 23.3 Å². The zero-order valence-corrected chi connectivity index (χ0v) is 11.2. The number of aliphatic imine (C=N–C) groups is 1. The normalized spacial score (nSPS) is 23.6. The molecule has 1 atom stereocenters. The number of hydrogen-bond donors (Lipinski definition) is 1. The molecule has 1 aromatic rings. The molecule has 0 saturated carbocycles. The Bertz CT molecular complexity index is 550. The van der Waals surface area contributed by atoms with Crippen LogP contribution in [0.15, 0.2) is 23.2 Å². The summed E-state index contributed by atoms with van der Waals surface area (Å²) in [6, 6.07) is 3.52. The number of nitro groups is 1. The van der Waals surface area contributed by atoms with E-state index in [1.165, 1.54) is 6.07 Å².